The fourth-order valence-electron chi connectivity index (χ4n) is 1.68. The van der Waals surface area contributed by atoms with E-state index in [-0.39, 0.29) is 6.61 Å². The quantitative estimate of drug-likeness (QED) is 0.844. The van der Waals surface area contributed by atoms with Crippen LogP contribution in [0.2, 0.25) is 0 Å². The molecule has 0 fully saturated rings. The molecule has 0 aliphatic carbocycles. The molecule has 1 N–H and O–H groups in total. The zero-order chi connectivity index (χ0) is 11.4. The summed E-state index contributed by atoms with van der Waals surface area (Å²) in [6.07, 6.45) is 6.13. The first kappa shape index (κ1) is 10.8. The first-order chi connectivity index (χ1) is 7.85. The van der Waals surface area contributed by atoms with Crippen LogP contribution in [0, 0.1) is 0 Å². The molecule has 2 rings (SSSR count). The Morgan fingerprint density at radius 2 is 2.06 bits per heavy atom. The first-order valence-electron chi connectivity index (χ1n) is 5.42. The van der Waals surface area contributed by atoms with Gasteiger partial charge in [-0.1, -0.05) is 0 Å². The minimum absolute atomic E-state index is 0.146. The SMILES string of the molecule is CCn1cc(CCO)c(-c2ccncc2)n1. The van der Waals surface area contributed by atoms with Crippen LogP contribution in [-0.2, 0) is 13.0 Å². The van der Waals surface area contributed by atoms with E-state index in [1.165, 1.54) is 0 Å². The van der Waals surface area contributed by atoms with E-state index < -0.39 is 0 Å². The van der Waals surface area contributed by atoms with E-state index in [9.17, 15) is 0 Å². The Bertz CT molecular complexity index is 451. The Kier molecular flexibility index (Phi) is 3.31. The smallest absolute Gasteiger partial charge is 0.0957 e. The third kappa shape index (κ3) is 2.12. The van der Waals surface area contributed by atoms with Gasteiger partial charge in [0.2, 0.25) is 0 Å². The summed E-state index contributed by atoms with van der Waals surface area (Å²) in [5.74, 6) is 0. The number of hydrogen-bond donors (Lipinski definition) is 1. The van der Waals surface area contributed by atoms with Crippen molar-refractivity contribution < 1.29 is 5.11 Å². The molecule has 0 aliphatic rings. The largest absolute Gasteiger partial charge is 0.396 e. The van der Waals surface area contributed by atoms with Crippen molar-refractivity contribution in [3.8, 4) is 11.3 Å². The highest BCUT2D eigenvalue weighted by Gasteiger charge is 2.09. The van der Waals surface area contributed by atoms with E-state index in [1.54, 1.807) is 12.4 Å². The van der Waals surface area contributed by atoms with Crippen molar-refractivity contribution in [1.29, 1.82) is 0 Å². The number of aliphatic hydroxyl groups excluding tert-OH is 1. The second-order valence-corrected chi connectivity index (χ2v) is 3.57. The molecule has 0 aromatic carbocycles. The Balaban J connectivity index is 2.42. The van der Waals surface area contributed by atoms with Gasteiger partial charge in [0, 0.05) is 42.9 Å². The van der Waals surface area contributed by atoms with Crippen LogP contribution in [0.25, 0.3) is 11.3 Å². The van der Waals surface area contributed by atoms with Crippen molar-refractivity contribution >= 4 is 0 Å². The maximum Gasteiger partial charge on any atom is 0.0957 e. The van der Waals surface area contributed by atoms with Crippen molar-refractivity contribution in [2.45, 2.75) is 19.9 Å². The molecule has 0 atom stereocenters. The average Bonchev–Trinajstić information content (AvgIpc) is 2.74. The summed E-state index contributed by atoms with van der Waals surface area (Å²) in [5, 5.41) is 13.5. The molecule has 84 valence electrons. The van der Waals surface area contributed by atoms with Crippen LogP contribution in [0.3, 0.4) is 0 Å². The summed E-state index contributed by atoms with van der Waals surface area (Å²) >= 11 is 0. The second-order valence-electron chi connectivity index (χ2n) is 3.57. The summed E-state index contributed by atoms with van der Waals surface area (Å²) in [6.45, 7) is 3.03. The van der Waals surface area contributed by atoms with Crippen molar-refractivity contribution in [2.75, 3.05) is 6.61 Å². The van der Waals surface area contributed by atoms with E-state index in [0.29, 0.717) is 6.42 Å². The van der Waals surface area contributed by atoms with E-state index in [1.807, 2.05) is 29.9 Å². The minimum Gasteiger partial charge on any atom is -0.396 e. The summed E-state index contributed by atoms with van der Waals surface area (Å²) in [4.78, 5) is 3.99. The molecule has 0 saturated heterocycles. The molecule has 0 unspecified atom stereocenters. The molecule has 2 aromatic rings. The van der Waals surface area contributed by atoms with Gasteiger partial charge in [-0.2, -0.15) is 5.10 Å². The summed E-state index contributed by atoms with van der Waals surface area (Å²) in [5.41, 5.74) is 3.07. The molecular weight excluding hydrogens is 202 g/mol. The van der Waals surface area contributed by atoms with E-state index in [0.717, 1.165) is 23.4 Å². The summed E-state index contributed by atoms with van der Waals surface area (Å²) in [6, 6.07) is 3.87. The van der Waals surface area contributed by atoms with Crippen molar-refractivity contribution in [1.82, 2.24) is 14.8 Å². The Labute approximate surface area is 94.6 Å². The Morgan fingerprint density at radius 3 is 2.69 bits per heavy atom. The van der Waals surface area contributed by atoms with Gasteiger partial charge in [0.25, 0.3) is 0 Å². The number of aryl methyl sites for hydroxylation is 1. The maximum atomic E-state index is 9.02. The molecule has 4 heteroatoms. The Hall–Kier alpha value is -1.68. The third-order valence-corrected chi connectivity index (χ3v) is 2.50. The fraction of sp³-hybridized carbons (Fsp3) is 0.333. The number of rotatable bonds is 4. The van der Waals surface area contributed by atoms with Crippen LogP contribution in [-0.4, -0.2) is 26.5 Å². The second kappa shape index (κ2) is 4.90. The van der Waals surface area contributed by atoms with Crippen LogP contribution >= 0.6 is 0 Å². The fourth-order valence-corrected chi connectivity index (χ4v) is 1.68. The molecule has 0 aliphatic heterocycles. The highest BCUT2D eigenvalue weighted by Crippen LogP contribution is 2.21. The number of hydrogen-bond acceptors (Lipinski definition) is 3. The van der Waals surface area contributed by atoms with Gasteiger partial charge in [0.1, 0.15) is 0 Å². The van der Waals surface area contributed by atoms with Crippen LogP contribution in [0.1, 0.15) is 12.5 Å². The molecule has 2 heterocycles. The van der Waals surface area contributed by atoms with E-state index >= 15 is 0 Å². The molecular formula is C12H15N3O. The van der Waals surface area contributed by atoms with Crippen LogP contribution < -0.4 is 0 Å². The molecule has 0 radical (unpaired) electrons. The van der Waals surface area contributed by atoms with Gasteiger partial charge < -0.3 is 5.11 Å². The lowest BCUT2D eigenvalue weighted by Crippen LogP contribution is -1.93. The van der Waals surface area contributed by atoms with Gasteiger partial charge in [-0.3, -0.25) is 9.67 Å². The Morgan fingerprint density at radius 1 is 1.31 bits per heavy atom. The van der Waals surface area contributed by atoms with Crippen molar-refractivity contribution in [3.05, 3.63) is 36.3 Å². The third-order valence-electron chi connectivity index (χ3n) is 2.50. The van der Waals surface area contributed by atoms with Crippen LogP contribution in [0.4, 0.5) is 0 Å². The number of nitrogens with zero attached hydrogens (tertiary/aromatic N) is 3. The topological polar surface area (TPSA) is 50.9 Å². The normalized spacial score (nSPS) is 10.6. The van der Waals surface area contributed by atoms with Crippen molar-refractivity contribution in [3.63, 3.8) is 0 Å². The van der Waals surface area contributed by atoms with Gasteiger partial charge in [0.05, 0.1) is 5.69 Å². The van der Waals surface area contributed by atoms with Crippen molar-refractivity contribution in [2.24, 2.45) is 0 Å². The molecule has 4 nitrogen and oxygen atoms in total. The molecule has 0 amide bonds. The molecule has 0 spiro atoms. The lowest BCUT2D eigenvalue weighted by molar-refractivity contribution is 0.299. The van der Waals surface area contributed by atoms with Gasteiger partial charge in [-0.25, -0.2) is 0 Å². The summed E-state index contributed by atoms with van der Waals surface area (Å²) < 4.78 is 1.89. The molecule has 0 bridgehead atoms. The first-order valence-corrected chi connectivity index (χ1v) is 5.42. The van der Waals surface area contributed by atoms with Crippen LogP contribution in [0.5, 0.6) is 0 Å². The monoisotopic (exact) mass is 217 g/mol. The molecule has 2 aromatic heterocycles. The van der Waals surface area contributed by atoms with Gasteiger partial charge >= 0.3 is 0 Å². The standard InChI is InChI=1S/C12H15N3O/c1-2-15-9-11(5-8-16)12(14-15)10-3-6-13-7-4-10/h3-4,6-7,9,16H,2,5,8H2,1H3. The zero-order valence-corrected chi connectivity index (χ0v) is 9.30. The van der Waals surface area contributed by atoms with E-state index in [4.69, 9.17) is 5.11 Å². The van der Waals surface area contributed by atoms with E-state index in [2.05, 4.69) is 10.1 Å². The highest BCUT2D eigenvalue weighted by atomic mass is 16.2. The number of aliphatic hydroxyl groups is 1. The summed E-state index contributed by atoms with van der Waals surface area (Å²) in [7, 11) is 0. The predicted octanol–water partition coefficient (Wildman–Crippen LogP) is 1.50. The highest BCUT2D eigenvalue weighted by molar-refractivity contribution is 5.61. The van der Waals surface area contributed by atoms with Gasteiger partial charge in [0.15, 0.2) is 0 Å². The lowest BCUT2D eigenvalue weighted by Gasteiger charge is -1.99. The predicted molar refractivity (Wildman–Crippen MR) is 61.9 cm³/mol. The maximum absolute atomic E-state index is 9.02. The number of pyridine rings is 1. The van der Waals surface area contributed by atoms with Gasteiger partial charge in [-0.05, 0) is 25.5 Å². The minimum atomic E-state index is 0.146. The lowest BCUT2D eigenvalue weighted by atomic mass is 10.1. The number of aromatic nitrogens is 3. The zero-order valence-electron chi connectivity index (χ0n) is 9.30. The molecule has 0 saturated carbocycles. The average molecular weight is 217 g/mol. The van der Waals surface area contributed by atoms with Crippen LogP contribution in [0.15, 0.2) is 30.7 Å². The molecule has 16 heavy (non-hydrogen) atoms. The van der Waals surface area contributed by atoms with Gasteiger partial charge in [-0.15, -0.1) is 0 Å².